The van der Waals surface area contributed by atoms with Gasteiger partial charge in [0.05, 0.1) is 17.6 Å². The molecule has 192 valence electrons. The van der Waals surface area contributed by atoms with Crippen LogP contribution in [0.3, 0.4) is 0 Å². The van der Waals surface area contributed by atoms with E-state index >= 15 is 0 Å². The number of para-hydroxylation sites is 2. The number of ketones is 1. The molecule has 0 spiro atoms. The van der Waals surface area contributed by atoms with Crippen LogP contribution in [0.4, 0.5) is 24.5 Å². The Kier molecular flexibility index (Phi) is 6.01. The minimum atomic E-state index is -5.15. The predicted molar refractivity (Wildman–Crippen MR) is 134 cm³/mol. The zero-order chi connectivity index (χ0) is 26.5. The predicted octanol–water partition coefficient (Wildman–Crippen LogP) is 7.04. The summed E-state index contributed by atoms with van der Waals surface area (Å²) in [5.41, 5.74) is 3.08. The van der Waals surface area contributed by atoms with Gasteiger partial charge in [-0.15, -0.1) is 0 Å². The van der Waals surface area contributed by atoms with E-state index in [4.69, 9.17) is 4.42 Å². The summed E-state index contributed by atoms with van der Waals surface area (Å²) in [7, 11) is 0. The van der Waals surface area contributed by atoms with Gasteiger partial charge in [0.1, 0.15) is 11.8 Å². The third kappa shape index (κ3) is 4.56. The number of halogens is 3. The number of hydrogen-bond acceptors (Lipinski definition) is 4. The largest absolute Gasteiger partial charge is 0.471 e. The fraction of sp³-hybridized carbons (Fsp3) is 0.310. The van der Waals surface area contributed by atoms with Crippen LogP contribution in [0.1, 0.15) is 62.5 Å². The SMILES string of the molecule is CC(C)(C)c1ccc([C@H]2CC(=O)C3=C(C2)Nc2ccccc2N(C(=O)C(F)(F)F)[C@H]3c2ccco2)cc1. The first-order chi connectivity index (χ1) is 17.4. The van der Waals surface area contributed by atoms with Gasteiger partial charge in [-0.1, -0.05) is 57.2 Å². The number of alkyl halides is 3. The molecular formula is C29H27F3N2O3. The van der Waals surface area contributed by atoms with E-state index in [9.17, 15) is 22.8 Å². The number of allylic oxidation sites excluding steroid dienone is 1. The average molecular weight is 509 g/mol. The van der Waals surface area contributed by atoms with Gasteiger partial charge in [-0.2, -0.15) is 13.2 Å². The number of nitrogens with one attached hydrogen (secondary N) is 1. The van der Waals surface area contributed by atoms with Crippen LogP contribution < -0.4 is 10.2 Å². The van der Waals surface area contributed by atoms with Crippen LogP contribution in [0.25, 0.3) is 0 Å². The minimum Gasteiger partial charge on any atom is -0.467 e. The minimum absolute atomic E-state index is 0.0199. The van der Waals surface area contributed by atoms with Crippen LogP contribution in [0, 0.1) is 0 Å². The Balaban J connectivity index is 1.64. The number of Topliss-reactive ketones (excluding diaryl/α,β-unsaturated/α-hetero) is 1. The second-order valence-corrected chi connectivity index (χ2v) is 10.5. The van der Waals surface area contributed by atoms with Crippen molar-refractivity contribution in [2.75, 3.05) is 10.2 Å². The molecule has 0 saturated carbocycles. The monoisotopic (exact) mass is 508 g/mol. The standard InChI is InChI=1S/C29H27F3N2O3/c1-28(2,3)19-12-10-17(11-13-19)18-15-21-25(23(35)16-18)26(24-9-6-14-37-24)34(27(36)29(30,31)32)22-8-5-4-7-20(22)33-21/h4-14,18,26,33H,15-16H2,1-3H3/t18-,26+/m1/s1. The Bertz CT molecular complexity index is 1370. The van der Waals surface area contributed by atoms with Gasteiger partial charge in [0.15, 0.2) is 5.78 Å². The van der Waals surface area contributed by atoms with Gasteiger partial charge < -0.3 is 9.73 Å². The number of hydrogen-bond donors (Lipinski definition) is 1. The summed E-state index contributed by atoms with van der Waals surface area (Å²) in [4.78, 5) is 27.2. The fourth-order valence-electron chi connectivity index (χ4n) is 5.16. The van der Waals surface area contributed by atoms with Crippen LogP contribution in [0.5, 0.6) is 0 Å². The summed E-state index contributed by atoms with van der Waals surface area (Å²) < 4.78 is 47.1. The van der Waals surface area contributed by atoms with Gasteiger partial charge in [-0.3, -0.25) is 14.5 Å². The molecule has 5 rings (SSSR count). The molecular weight excluding hydrogens is 481 g/mol. The number of carbonyl (C=O) groups excluding carboxylic acids is 2. The van der Waals surface area contributed by atoms with E-state index in [1.165, 1.54) is 30.0 Å². The Morgan fingerprint density at radius 2 is 1.68 bits per heavy atom. The molecule has 37 heavy (non-hydrogen) atoms. The van der Waals surface area contributed by atoms with E-state index in [0.29, 0.717) is 22.7 Å². The highest BCUT2D eigenvalue weighted by molar-refractivity contribution is 6.07. The molecule has 1 aliphatic heterocycles. The molecule has 1 aromatic heterocycles. The molecule has 1 N–H and O–H groups in total. The van der Waals surface area contributed by atoms with Crippen molar-refractivity contribution in [2.45, 2.75) is 57.2 Å². The smallest absolute Gasteiger partial charge is 0.467 e. The van der Waals surface area contributed by atoms with Crippen LogP contribution in [0.15, 0.2) is 82.6 Å². The molecule has 5 nitrogen and oxygen atoms in total. The highest BCUT2D eigenvalue weighted by Crippen LogP contribution is 2.48. The third-order valence-corrected chi connectivity index (χ3v) is 7.01. The normalized spacial score (nSPS) is 20.2. The molecule has 8 heteroatoms. The van der Waals surface area contributed by atoms with Crippen LogP contribution in [-0.2, 0) is 15.0 Å². The van der Waals surface area contributed by atoms with Crippen LogP contribution >= 0.6 is 0 Å². The van der Waals surface area contributed by atoms with Crippen molar-refractivity contribution < 1.29 is 27.2 Å². The number of rotatable bonds is 2. The average Bonchev–Trinajstić information content (AvgIpc) is 3.32. The van der Waals surface area contributed by atoms with E-state index < -0.39 is 18.1 Å². The second kappa shape index (κ2) is 8.94. The molecule has 0 saturated heterocycles. The Labute approximate surface area is 213 Å². The summed E-state index contributed by atoms with van der Waals surface area (Å²) in [6, 6.07) is 16.1. The number of carbonyl (C=O) groups is 2. The van der Waals surface area contributed by atoms with E-state index in [1.54, 1.807) is 18.2 Å². The summed E-state index contributed by atoms with van der Waals surface area (Å²) in [5.74, 6) is -2.47. The summed E-state index contributed by atoms with van der Waals surface area (Å²) >= 11 is 0. The van der Waals surface area contributed by atoms with Crippen LogP contribution in [0.2, 0.25) is 0 Å². The molecule has 2 aromatic carbocycles. The van der Waals surface area contributed by atoms with Gasteiger partial charge >= 0.3 is 12.1 Å². The second-order valence-electron chi connectivity index (χ2n) is 10.5. The molecule has 2 atom stereocenters. The van der Waals surface area contributed by atoms with Crippen molar-refractivity contribution in [1.29, 1.82) is 0 Å². The lowest BCUT2D eigenvalue weighted by atomic mass is 9.78. The molecule has 0 bridgehead atoms. The van der Waals surface area contributed by atoms with Crippen molar-refractivity contribution >= 4 is 23.1 Å². The topological polar surface area (TPSA) is 62.6 Å². The lowest BCUT2D eigenvalue weighted by molar-refractivity contribution is -0.171. The van der Waals surface area contributed by atoms with Crippen molar-refractivity contribution in [3.05, 3.63) is 95.1 Å². The quantitative estimate of drug-likeness (QED) is 0.403. The van der Waals surface area contributed by atoms with E-state index in [-0.39, 0.29) is 40.6 Å². The number of nitrogens with zero attached hydrogens (tertiary/aromatic N) is 1. The Hall–Kier alpha value is -3.81. The van der Waals surface area contributed by atoms with Gasteiger partial charge in [0.25, 0.3) is 0 Å². The zero-order valence-corrected chi connectivity index (χ0v) is 20.7. The molecule has 0 radical (unpaired) electrons. The van der Waals surface area contributed by atoms with Crippen molar-refractivity contribution in [3.63, 3.8) is 0 Å². The lowest BCUT2D eigenvalue weighted by Gasteiger charge is -2.34. The summed E-state index contributed by atoms with van der Waals surface area (Å²) in [6.07, 6.45) is -3.33. The van der Waals surface area contributed by atoms with Gasteiger partial charge in [0.2, 0.25) is 0 Å². The fourth-order valence-corrected chi connectivity index (χ4v) is 5.16. The van der Waals surface area contributed by atoms with E-state index in [1.807, 2.05) is 12.1 Å². The van der Waals surface area contributed by atoms with Crippen molar-refractivity contribution in [2.24, 2.45) is 0 Å². The number of fused-ring (bicyclic) bond motifs is 1. The summed E-state index contributed by atoms with van der Waals surface area (Å²) in [5, 5.41) is 3.21. The Morgan fingerprint density at radius 3 is 2.30 bits per heavy atom. The number of benzene rings is 2. The van der Waals surface area contributed by atoms with E-state index in [0.717, 1.165) is 5.56 Å². The first-order valence-electron chi connectivity index (χ1n) is 12.1. The highest BCUT2D eigenvalue weighted by atomic mass is 19.4. The first-order valence-corrected chi connectivity index (χ1v) is 12.1. The first kappa shape index (κ1) is 24.9. The number of furan rings is 1. The molecule has 2 aliphatic rings. The molecule has 3 aromatic rings. The summed E-state index contributed by atoms with van der Waals surface area (Å²) in [6.45, 7) is 6.37. The van der Waals surface area contributed by atoms with Crippen LogP contribution in [-0.4, -0.2) is 17.9 Å². The zero-order valence-electron chi connectivity index (χ0n) is 20.7. The molecule has 2 heterocycles. The lowest BCUT2D eigenvalue weighted by Crippen LogP contribution is -2.45. The van der Waals surface area contributed by atoms with Gasteiger partial charge in [0, 0.05) is 17.7 Å². The van der Waals surface area contributed by atoms with E-state index in [2.05, 4.69) is 38.2 Å². The van der Waals surface area contributed by atoms with Crippen molar-refractivity contribution in [1.82, 2.24) is 0 Å². The van der Waals surface area contributed by atoms with Gasteiger partial charge in [-0.25, -0.2) is 0 Å². The van der Waals surface area contributed by atoms with Crippen molar-refractivity contribution in [3.8, 4) is 0 Å². The maximum Gasteiger partial charge on any atom is 0.471 e. The third-order valence-electron chi connectivity index (χ3n) is 7.01. The molecule has 0 unspecified atom stereocenters. The molecule has 1 aliphatic carbocycles. The highest BCUT2D eigenvalue weighted by Gasteiger charge is 2.50. The van der Waals surface area contributed by atoms with Gasteiger partial charge in [-0.05, 0) is 53.1 Å². The number of amides is 1. The maximum absolute atomic E-state index is 13.9. The maximum atomic E-state index is 13.9. The molecule has 1 amide bonds. The molecule has 0 fully saturated rings. The number of anilines is 2. The Morgan fingerprint density at radius 1 is 0.973 bits per heavy atom.